The first kappa shape index (κ1) is 16.3. The number of rotatable bonds is 0. The molecule has 4 N–H and O–H groups in total. The van der Waals surface area contributed by atoms with Crippen molar-refractivity contribution in [1.82, 2.24) is 0 Å². The van der Waals surface area contributed by atoms with Crippen LogP contribution in [0, 0.1) is 34.5 Å². The molecule has 4 fully saturated rings. The van der Waals surface area contributed by atoms with Crippen LogP contribution in [0.5, 0.6) is 0 Å². The molecule has 0 aromatic heterocycles. The monoisotopic (exact) mass is 324 g/mol. The lowest BCUT2D eigenvalue weighted by Crippen LogP contribution is -2.58. The van der Waals surface area contributed by atoms with E-state index in [1.807, 2.05) is 0 Å². The van der Waals surface area contributed by atoms with E-state index in [1.54, 1.807) is 0 Å². The quantitative estimate of drug-likeness (QED) is 0.547. The van der Waals surface area contributed by atoms with E-state index in [2.05, 4.69) is 13.8 Å². The second kappa shape index (κ2) is 5.17. The second-order valence-electron chi connectivity index (χ2n) is 9.52. The van der Waals surface area contributed by atoms with Gasteiger partial charge < -0.3 is 20.4 Å². The summed E-state index contributed by atoms with van der Waals surface area (Å²) in [4.78, 5) is 0. The highest BCUT2D eigenvalue weighted by Crippen LogP contribution is 2.66. The molecular formula is C19H32O4. The van der Waals surface area contributed by atoms with Gasteiger partial charge in [0.05, 0.1) is 24.4 Å². The van der Waals surface area contributed by atoms with Crippen LogP contribution in [0.3, 0.4) is 0 Å². The van der Waals surface area contributed by atoms with Gasteiger partial charge in [-0.15, -0.1) is 0 Å². The van der Waals surface area contributed by atoms with Crippen LogP contribution < -0.4 is 0 Å². The molecule has 132 valence electrons. The summed E-state index contributed by atoms with van der Waals surface area (Å²) < 4.78 is 0. The first-order valence-electron chi connectivity index (χ1n) is 9.49. The zero-order valence-corrected chi connectivity index (χ0v) is 14.4. The normalized spacial score (nSPS) is 62.3. The molecule has 4 saturated carbocycles. The fourth-order valence-electron chi connectivity index (χ4n) is 7.19. The minimum absolute atomic E-state index is 0.192. The van der Waals surface area contributed by atoms with Crippen LogP contribution in [0.1, 0.15) is 58.8 Å². The number of fused-ring (bicyclic) bond motifs is 5. The Kier molecular flexibility index (Phi) is 3.67. The molecule has 4 rings (SSSR count). The Balaban J connectivity index is 1.68. The maximum absolute atomic E-state index is 10.9. The fraction of sp³-hybridized carbons (Fsp3) is 1.00. The number of aliphatic hydroxyl groups excluding tert-OH is 4. The van der Waals surface area contributed by atoms with Crippen LogP contribution in [0.4, 0.5) is 0 Å². The van der Waals surface area contributed by atoms with E-state index in [-0.39, 0.29) is 34.9 Å². The minimum Gasteiger partial charge on any atom is -0.393 e. The molecule has 3 unspecified atom stereocenters. The predicted molar refractivity (Wildman–Crippen MR) is 86.5 cm³/mol. The van der Waals surface area contributed by atoms with Crippen molar-refractivity contribution < 1.29 is 20.4 Å². The van der Waals surface area contributed by atoms with Crippen molar-refractivity contribution in [2.75, 3.05) is 0 Å². The number of hydrogen-bond donors (Lipinski definition) is 4. The summed E-state index contributed by atoms with van der Waals surface area (Å²) in [5.74, 6) is 1.27. The molecule has 0 bridgehead atoms. The van der Waals surface area contributed by atoms with Crippen molar-refractivity contribution >= 4 is 0 Å². The van der Waals surface area contributed by atoms with Gasteiger partial charge in [-0.05, 0) is 79.4 Å². The van der Waals surface area contributed by atoms with Gasteiger partial charge in [0.15, 0.2) is 0 Å². The van der Waals surface area contributed by atoms with Gasteiger partial charge >= 0.3 is 0 Å². The number of hydrogen-bond acceptors (Lipinski definition) is 4. The van der Waals surface area contributed by atoms with Crippen LogP contribution >= 0.6 is 0 Å². The van der Waals surface area contributed by atoms with Gasteiger partial charge in [-0.25, -0.2) is 0 Å². The molecule has 10 atom stereocenters. The molecule has 4 nitrogen and oxygen atoms in total. The van der Waals surface area contributed by atoms with Gasteiger partial charge in [0.1, 0.15) is 0 Å². The first-order chi connectivity index (χ1) is 10.8. The zero-order valence-electron chi connectivity index (χ0n) is 14.4. The van der Waals surface area contributed by atoms with Gasteiger partial charge in [-0.2, -0.15) is 0 Å². The van der Waals surface area contributed by atoms with E-state index in [1.165, 1.54) is 0 Å². The summed E-state index contributed by atoms with van der Waals surface area (Å²) in [5.41, 5.74) is -0.0537. The summed E-state index contributed by atoms with van der Waals surface area (Å²) in [5, 5.41) is 41.7. The average Bonchev–Trinajstić information content (AvgIpc) is 2.73. The van der Waals surface area contributed by atoms with Crippen molar-refractivity contribution in [2.24, 2.45) is 34.5 Å². The Bertz CT molecular complexity index is 482. The SMILES string of the molecule is C[C@]12CCC3C(C1C[C@@H](O)[C@H]2O)[C@@H](O)C[C@@H]1C[C@@H](O)CC[C@]31C. The molecule has 0 heterocycles. The zero-order chi connectivity index (χ0) is 16.6. The van der Waals surface area contributed by atoms with Gasteiger partial charge in [0, 0.05) is 0 Å². The maximum atomic E-state index is 10.9. The molecule has 4 heteroatoms. The predicted octanol–water partition coefficient (Wildman–Crippen LogP) is 1.69. The largest absolute Gasteiger partial charge is 0.393 e. The fourth-order valence-corrected chi connectivity index (χ4v) is 7.19. The molecule has 0 amide bonds. The van der Waals surface area contributed by atoms with Gasteiger partial charge in [0.25, 0.3) is 0 Å². The molecule has 0 radical (unpaired) electrons. The third-order valence-electron chi connectivity index (χ3n) is 8.63. The third kappa shape index (κ3) is 2.11. The van der Waals surface area contributed by atoms with Crippen molar-refractivity contribution in [3.8, 4) is 0 Å². The van der Waals surface area contributed by atoms with Crippen molar-refractivity contribution in [1.29, 1.82) is 0 Å². The summed E-state index contributed by atoms with van der Waals surface area (Å²) >= 11 is 0. The maximum Gasteiger partial charge on any atom is 0.0855 e. The van der Waals surface area contributed by atoms with Crippen LogP contribution in [0.15, 0.2) is 0 Å². The van der Waals surface area contributed by atoms with Gasteiger partial charge in [-0.3, -0.25) is 0 Å². The summed E-state index contributed by atoms with van der Waals surface area (Å²) in [6.07, 6.45) is 4.24. The van der Waals surface area contributed by atoms with E-state index >= 15 is 0 Å². The molecule has 0 aromatic rings. The lowest BCUT2D eigenvalue weighted by atomic mass is 9.44. The highest BCUT2D eigenvalue weighted by atomic mass is 16.3. The standard InChI is InChI=1S/C19H32O4/c1-18-5-3-11(20)7-10(18)8-14(21)16-12(18)4-6-19(2)13(16)9-15(22)17(19)23/h10-17,20-23H,3-9H2,1-2H3/t10-,11-,12?,13?,14-,15+,16?,17+,18-,19-/m0/s1. The molecule has 0 saturated heterocycles. The summed E-state index contributed by atoms with van der Waals surface area (Å²) in [7, 11) is 0. The van der Waals surface area contributed by atoms with Crippen LogP contribution in [0.25, 0.3) is 0 Å². The smallest absolute Gasteiger partial charge is 0.0855 e. The lowest BCUT2D eigenvalue weighted by Gasteiger charge is -2.61. The molecule has 23 heavy (non-hydrogen) atoms. The Morgan fingerprint density at radius 2 is 1.43 bits per heavy atom. The Morgan fingerprint density at radius 1 is 0.739 bits per heavy atom. The Labute approximate surface area is 138 Å². The molecule has 4 aliphatic rings. The van der Waals surface area contributed by atoms with Gasteiger partial charge in [-0.1, -0.05) is 13.8 Å². The lowest BCUT2D eigenvalue weighted by molar-refractivity contribution is -0.177. The van der Waals surface area contributed by atoms with Crippen LogP contribution in [-0.2, 0) is 0 Å². The Morgan fingerprint density at radius 3 is 2.17 bits per heavy atom. The molecule has 4 aliphatic carbocycles. The van der Waals surface area contributed by atoms with Crippen molar-refractivity contribution in [2.45, 2.75) is 83.2 Å². The van der Waals surface area contributed by atoms with Crippen LogP contribution in [0.2, 0.25) is 0 Å². The molecule has 0 aromatic carbocycles. The van der Waals surface area contributed by atoms with E-state index in [9.17, 15) is 20.4 Å². The Hall–Kier alpha value is -0.160. The van der Waals surface area contributed by atoms with Crippen LogP contribution in [-0.4, -0.2) is 44.8 Å². The molecule has 0 spiro atoms. The first-order valence-corrected chi connectivity index (χ1v) is 9.49. The van der Waals surface area contributed by atoms with E-state index in [0.29, 0.717) is 18.3 Å². The van der Waals surface area contributed by atoms with Crippen molar-refractivity contribution in [3.05, 3.63) is 0 Å². The summed E-state index contributed by atoms with van der Waals surface area (Å²) in [6, 6.07) is 0. The minimum atomic E-state index is -0.653. The third-order valence-corrected chi connectivity index (χ3v) is 8.63. The van der Waals surface area contributed by atoms with Gasteiger partial charge in [0.2, 0.25) is 0 Å². The molecular weight excluding hydrogens is 292 g/mol. The second-order valence-corrected chi connectivity index (χ2v) is 9.52. The average molecular weight is 324 g/mol. The van der Waals surface area contributed by atoms with Crippen molar-refractivity contribution in [3.63, 3.8) is 0 Å². The molecule has 0 aliphatic heterocycles. The van der Waals surface area contributed by atoms with E-state index in [4.69, 9.17) is 0 Å². The highest BCUT2D eigenvalue weighted by molar-refractivity contribution is 5.13. The number of aliphatic hydroxyl groups is 4. The summed E-state index contributed by atoms with van der Waals surface area (Å²) in [6.45, 7) is 4.48. The van der Waals surface area contributed by atoms with E-state index < -0.39 is 12.2 Å². The highest BCUT2D eigenvalue weighted by Gasteiger charge is 2.64. The van der Waals surface area contributed by atoms with E-state index in [0.717, 1.165) is 38.5 Å². The topological polar surface area (TPSA) is 80.9 Å².